The van der Waals surface area contributed by atoms with Crippen LogP contribution in [0.1, 0.15) is 0 Å². The Morgan fingerprint density at radius 1 is 1.29 bits per heavy atom. The van der Waals surface area contributed by atoms with Crippen molar-refractivity contribution in [1.29, 1.82) is 0 Å². The fourth-order valence-electron chi connectivity index (χ4n) is 1.46. The average molecular weight is 207 g/mol. The number of nitrogens with zero attached hydrogens (tertiary/aromatic N) is 2. The molecule has 1 aliphatic rings. The number of benzene rings is 1. The summed E-state index contributed by atoms with van der Waals surface area (Å²) in [7, 11) is 2.06. The lowest BCUT2D eigenvalue weighted by Crippen LogP contribution is -2.54. The van der Waals surface area contributed by atoms with Crippen molar-refractivity contribution in [3.63, 3.8) is 0 Å². The molecule has 0 aliphatic carbocycles. The third-order valence-electron chi connectivity index (χ3n) is 2.20. The summed E-state index contributed by atoms with van der Waals surface area (Å²) in [5, 5.41) is 3.96. The number of thiocarbonyl (C=S) groups is 1. The van der Waals surface area contributed by atoms with Gasteiger partial charge in [0.25, 0.3) is 0 Å². The molecule has 1 aromatic carbocycles. The molecule has 0 atom stereocenters. The van der Waals surface area contributed by atoms with E-state index in [9.17, 15) is 0 Å². The van der Waals surface area contributed by atoms with Gasteiger partial charge < -0.3 is 10.2 Å². The maximum Gasteiger partial charge on any atom is 0.175 e. The number of hydrogen-bond acceptors (Lipinski definition) is 2. The minimum atomic E-state index is 0.800. The number of hydrogen-bond donors (Lipinski definition) is 1. The number of para-hydroxylation sites is 1. The molecule has 0 radical (unpaired) electrons. The Hall–Kier alpha value is -1.13. The molecule has 1 heterocycles. The Balaban J connectivity index is 2.20. The van der Waals surface area contributed by atoms with E-state index in [1.807, 2.05) is 18.2 Å². The van der Waals surface area contributed by atoms with Gasteiger partial charge in [-0.2, -0.15) is 0 Å². The minimum Gasteiger partial charge on any atom is -0.349 e. The van der Waals surface area contributed by atoms with Gasteiger partial charge in [-0.25, -0.2) is 0 Å². The van der Waals surface area contributed by atoms with Crippen LogP contribution in [-0.2, 0) is 0 Å². The molecule has 74 valence electrons. The topological polar surface area (TPSA) is 18.5 Å². The van der Waals surface area contributed by atoms with Crippen molar-refractivity contribution in [1.82, 2.24) is 10.2 Å². The maximum atomic E-state index is 5.25. The standard InChI is InChI=1S/C10H13N3S/c1-12-7-11-10(14)13(8-12)9-5-3-2-4-6-9/h2-6H,7-8H2,1H3,(H,11,14). The number of nitrogens with one attached hydrogen (secondary N) is 1. The van der Waals surface area contributed by atoms with Crippen molar-refractivity contribution in [2.45, 2.75) is 0 Å². The molecule has 1 N–H and O–H groups in total. The van der Waals surface area contributed by atoms with Crippen LogP contribution in [0.4, 0.5) is 5.69 Å². The Bertz CT molecular complexity index is 325. The first-order chi connectivity index (χ1) is 6.77. The van der Waals surface area contributed by atoms with Crippen molar-refractivity contribution in [3.8, 4) is 0 Å². The SMILES string of the molecule is CN1CNC(=S)N(c2ccccc2)C1. The summed E-state index contributed by atoms with van der Waals surface area (Å²) in [6, 6.07) is 10.2. The van der Waals surface area contributed by atoms with Gasteiger partial charge in [0, 0.05) is 5.69 Å². The smallest absolute Gasteiger partial charge is 0.175 e. The van der Waals surface area contributed by atoms with Crippen molar-refractivity contribution in [2.75, 3.05) is 25.3 Å². The molecule has 1 aliphatic heterocycles. The fourth-order valence-corrected chi connectivity index (χ4v) is 1.69. The van der Waals surface area contributed by atoms with E-state index >= 15 is 0 Å². The molecule has 2 rings (SSSR count). The Kier molecular flexibility index (Phi) is 2.65. The molecule has 3 nitrogen and oxygen atoms in total. The minimum absolute atomic E-state index is 0.800. The normalized spacial score (nSPS) is 18.1. The number of rotatable bonds is 1. The Labute approximate surface area is 89.3 Å². The molecule has 0 amide bonds. The molecule has 0 unspecified atom stereocenters. The first-order valence-electron chi connectivity index (χ1n) is 4.56. The van der Waals surface area contributed by atoms with Crippen molar-refractivity contribution < 1.29 is 0 Å². The second-order valence-corrected chi connectivity index (χ2v) is 3.79. The van der Waals surface area contributed by atoms with Gasteiger partial charge in [0.1, 0.15) is 0 Å². The van der Waals surface area contributed by atoms with Crippen LogP contribution in [0.3, 0.4) is 0 Å². The van der Waals surface area contributed by atoms with Crippen LogP contribution in [0, 0.1) is 0 Å². The first kappa shape index (κ1) is 9.43. The fraction of sp³-hybridized carbons (Fsp3) is 0.300. The average Bonchev–Trinajstić information content (AvgIpc) is 2.23. The van der Waals surface area contributed by atoms with E-state index in [0.717, 1.165) is 24.1 Å². The van der Waals surface area contributed by atoms with Crippen LogP contribution in [0.5, 0.6) is 0 Å². The van der Waals surface area contributed by atoms with Gasteiger partial charge in [-0.3, -0.25) is 4.90 Å². The first-order valence-corrected chi connectivity index (χ1v) is 4.97. The Morgan fingerprint density at radius 3 is 2.71 bits per heavy atom. The van der Waals surface area contributed by atoms with Crippen LogP contribution in [0.25, 0.3) is 0 Å². The molecular weight excluding hydrogens is 194 g/mol. The molecule has 4 heteroatoms. The van der Waals surface area contributed by atoms with Crippen LogP contribution >= 0.6 is 12.2 Å². The zero-order valence-electron chi connectivity index (χ0n) is 8.10. The molecule has 14 heavy (non-hydrogen) atoms. The highest BCUT2D eigenvalue weighted by Gasteiger charge is 2.18. The molecule has 1 aromatic rings. The van der Waals surface area contributed by atoms with E-state index in [4.69, 9.17) is 12.2 Å². The van der Waals surface area contributed by atoms with E-state index in [0.29, 0.717) is 0 Å². The van der Waals surface area contributed by atoms with Crippen LogP contribution in [0.15, 0.2) is 30.3 Å². The molecule has 0 spiro atoms. The summed E-state index contributed by atoms with van der Waals surface area (Å²) in [5.74, 6) is 0. The van der Waals surface area contributed by atoms with Crippen molar-refractivity contribution in [3.05, 3.63) is 30.3 Å². The Morgan fingerprint density at radius 2 is 2.00 bits per heavy atom. The summed E-state index contributed by atoms with van der Waals surface area (Å²) < 4.78 is 0. The van der Waals surface area contributed by atoms with Crippen molar-refractivity contribution in [2.24, 2.45) is 0 Å². The third kappa shape index (κ3) is 1.86. The molecule has 0 aromatic heterocycles. The molecule has 1 saturated heterocycles. The highest BCUT2D eigenvalue weighted by molar-refractivity contribution is 7.80. The second kappa shape index (κ2) is 3.94. The highest BCUT2D eigenvalue weighted by atomic mass is 32.1. The lowest BCUT2D eigenvalue weighted by molar-refractivity contribution is 0.319. The molecule has 0 saturated carbocycles. The molecule has 0 bridgehead atoms. The zero-order valence-corrected chi connectivity index (χ0v) is 8.92. The van der Waals surface area contributed by atoms with Gasteiger partial charge in [0.15, 0.2) is 5.11 Å². The maximum absolute atomic E-state index is 5.25. The van der Waals surface area contributed by atoms with Crippen LogP contribution in [-0.4, -0.2) is 30.4 Å². The lowest BCUT2D eigenvalue weighted by atomic mass is 10.3. The predicted molar refractivity (Wildman–Crippen MR) is 62.2 cm³/mol. The van der Waals surface area contributed by atoms with E-state index in [1.54, 1.807) is 0 Å². The molecular formula is C10H13N3S. The quantitative estimate of drug-likeness (QED) is 0.698. The largest absolute Gasteiger partial charge is 0.349 e. The van der Waals surface area contributed by atoms with Crippen LogP contribution in [0.2, 0.25) is 0 Å². The van der Waals surface area contributed by atoms with Gasteiger partial charge in [0.05, 0.1) is 13.3 Å². The van der Waals surface area contributed by atoms with E-state index in [1.165, 1.54) is 0 Å². The summed E-state index contributed by atoms with van der Waals surface area (Å²) >= 11 is 5.25. The van der Waals surface area contributed by atoms with Gasteiger partial charge in [0.2, 0.25) is 0 Å². The van der Waals surface area contributed by atoms with Gasteiger partial charge in [-0.1, -0.05) is 18.2 Å². The van der Waals surface area contributed by atoms with Crippen LogP contribution < -0.4 is 10.2 Å². The van der Waals surface area contributed by atoms with Gasteiger partial charge in [-0.05, 0) is 31.4 Å². The van der Waals surface area contributed by atoms with Gasteiger partial charge >= 0.3 is 0 Å². The van der Waals surface area contributed by atoms with Crippen molar-refractivity contribution >= 4 is 23.0 Å². The van der Waals surface area contributed by atoms with E-state index in [2.05, 4.69) is 34.3 Å². The monoisotopic (exact) mass is 207 g/mol. The lowest BCUT2D eigenvalue weighted by Gasteiger charge is -2.35. The summed E-state index contributed by atoms with van der Waals surface area (Å²) in [6.45, 7) is 1.66. The number of anilines is 1. The predicted octanol–water partition coefficient (Wildman–Crippen LogP) is 1.23. The summed E-state index contributed by atoms with van der Waals surface area (Å²) in [4.78, 5) is 4.25. The van der Waals surface area contributed by atoms with E-state index in [-0.39, 0.29) is 0 Å². The zero-order chi connectivity index (χ0) is 9.97. The van der Waals surface area contributed by atoms with Gasteiger partial charge in [-0.15, -0.1) is 0 Å². The molecule has 1 fully saturated rings. The third-order valence-corrected chi connectivity index (χ3v) is 2.56. The summed E-state index contributed by atoms with van der Waals surface area (Å²) in [5.41, 5.74) is 1.14. The summed E-state index contributed by atoms with van der Waals surface area (Å²) in [6.07, 6.45) is 0. The van der Waals surface area contributed by atoms with E-state index < -0.39 is 0 Å². The highest BCUT2D eigenvalue weighted by Crippen LogP contribution is 2.15. The second-order valence-electron chi connectivity index (χ2n) is 3.40.